The molecule has 1 rings (SSSR count). The lowest BCUT2D eigenvalue weighted by molar-refractivity contribution is -0.139. The van der Waals surface area contributed by atoms with E-state index in [1.54, 1.807) is 14.1 Å². The largest absolute Gasteiger partial charge is 0.480 e. The van der Waals surface area contributed by atoms with Crippen LogP contribution in [0.2, 0.25) is 0 Å². The van der Waals surface area contributed by atoms with Crippen LogP contribution in [0.4, 0.5) is 4.79 Å². The summed E-state index contributed by atoms with van der Waals surface area (Å²) in [6.07, 6.45) is 3.17. The Bertz CT molecular complexity index is 486. The van der Waals surface area contributed by atoms with E-state index in [1.165, 1.54) is 17.4 Å². The van der Waals surface area contributed by atoms with Gasteiger partial charge in [0.05, 0.1) is 6.33 Å². The van der Waals surface area contributed by atoms with Crippen molar-refractivity contribution in [1.82, 2.24) is 25.5 Å². The highest BCUT2D eigenvalue weighted by Gasteiger charge is 2.20. The topological polar surface area (TPSA) is 127 Å². The zero-order valence-electron chi connectivity index (χ0n) is 11.9. The molecule has 4 N–H and O–H groups in total. The van der Waals surface area contributed by atoms with Crippen LogP contribution >= 0.6 is 0 Å². The lowest BCUT2D eigenvalue weighted by Gasteiger charge is -2.15. The third-order valence-corrected chi connectivity index (χ3v) is 2.71. The van der Waals surface area contributed by atoms with Crippen molar-refractivity contribution >= 4 is 17.9 Å². The van der Waals surface area contributed by atoms with Gasteiger partial charge in [-0.2, -0.15) is 0 Å². The first-order chi connectivity index (χ1) is 9.90. The van der Waals surface area contributed by atoms with Crippen molar-refractivity contribution in [3.05, 3.63) is 18.2 Å². The lowest BCUT2D eigenvalue weighted by Crippen LogP contribution is -2.47. The van der Waals surface area contributed by atoms with E-state index in [4.69, 9.17) is 5.11 Å². The molecule has 0 saturated carbocycles. The molecule has 0 fully saturated rings. The summed E-state index contributed by atoms with van der Waals surface area (Å²) in [5.74, 6) is -1.27. The Hall–Kier alpha value is -2.58. The van der Waals surface area contributed by atoms with Crippen molar-refractivity contribution in [2.24, 2.45) is 0 Å². The van der Waals surface area contributed by atoms with E-state index in [-0.39, 0.29) is 25.3 Å². The normalized spacial score (nSPS) is 11.5. The number of hydrogen-bond donors (Lipinski definition) is 4. The molecule has 1 aromatic rings. The second-order valence-corrected chi connectivity index (χ2v) is 4.61. The highest BCUT2D eigenvalue weighted by molar-refractivity contribution is 5.83. The van der Waals surface area contributed by atoms with Crippen molar-refractivity contribution < 1.29 is 19.5 Å². The van der Waals surface area contributed by atoms with Crippen LogP contribution in [0.5, 0.6) is 0 Å². The predicted molar refractivity (Wildman–Crippen MR) is 73.6 cm³/mol. The molecule has 0 aromatic carbocycles. The zero-order valence-corrected chi connectivity index (χ0v) is 11.9. The van der Waals surface area contributed by atoms with E-state index in [9.17, 15) is 14.4 Å². The third-order valence-electron chi connectivity index (χ3n) is 2.71. The molecular weight excluding hydrogens is 278 g/mol. The Labute approximate surface area is 121 Å². The second-order valence-electron chi connectivity index (χ2n) is 4.61. The maximum atomic E-state index is 11.6. The summed E-state index contributed by atoms with van der Waals surface area (Å²) < 4.78 is 0. The van der Waals surface area contributed by atoms with Crippen LogP contribution in [0, 0.1) is 0 Å². The van der Waals surface area contributed by atoms with E-state index < -0.39 is 18.0 Å². The molecule has 0 aliphatic rings. The molecule has 116 valence electrons. The van der Waals surface area contributed by atoms with Gasteiger partial charge in [-0.15, -0.1) is 0 Å². The maximum Gasteiger partial charge on any atom is 0.326 e. The molecule has 0 radical (unpaired) electrons. The molecule has 1 atom stereocenters. The van der Waals surface area contributed by atoms with Gasteiger partial charge >= 0.3 is 12.0 Å². The van der Waals surface area contributed by atoms with E-state index >= 15 is 0 Å². The number of nitrogens with zero attached hydrogens (tertiary/aromatic N) is 2. The number of hydrogen-bond acceptors (Lipinski definition) is 4. The number of amides is 3. The Morgan fingerprint density at radius 2 is 2.14 bits per heavy atom. The fraction of sp³-hybridized carbons (Fsp3) is 0.500. The van der Waals surface area contributed by atoms with Gasteiger partial charge in [-0.05, 0) is 0 Å². The summed E-state index contributed by atoms with van der Waals surface area (Å²) in [6, 6.07) is -1.71. The number of carboxylic acids is 1. The fourth-order valence-electron chi connectivity index (χ4n) is 1.53. The highest BCUT2D eigenvalue weighted by atomic mass is 16.4. The Morgan fingerprint density at radius 3 is 2.67 bits per heavy atom. The number of carboxylic acid groups (broad SMARTS) is 1. The van der Waals surface area contributed by atoms with Crippen molar-refractivity contribution in [2.75, 3.05) is 20.6 Å². The van der Waals surface area contributed by atoms with Gasteiger partial charge in [0.1, 0.15) is 6.04 Å². The third kappa shape index (κ3) is 5.93. The first-order valence-electron chi connectivity index (χ1n) is 6.34. The van der Waals surface area contributed by atoms with Gasteiger partial charge in [-0.3, -0.25) is 4.79 Å². The number of carbonyl (C=O) groups is 3. The molecule has 1 aromatic heterocycles. The fourth-order valence-corrected chi connectivity index (χ4v) is 1.53. The zero-order chi connectivity index (χ0) is 15.8. The number of aliphatic carboxylic acids is 1. The average molecular weight is 297 g/mol. The van der Waals surface area contributed by atoms with Crippen LogP contribution in [0.3, 0.4) is 0 Å². The molecule has 9 heteroatoms. The van der Waals surface area contributed by atoms with Crippen molar-refractivity contribution in [3.8, 4) is 0 Å². The number of urea groups is 1. The van der Waals surface area contributed by atoms with Gasteiger partial charge in [0.2, 0.25) is 5.91 Å². The molecule has 0 aliphatic heterocycles. The summed E-state index contributed by atoms with van der Waals surface area (Å²) in [4.78, 5) is 42.0. The number of H-pyrrole nitrogens is 1. The van der Waals surface area contributed by atoms with E-state index in [0.29, 0.717) is 5.69 Å². The maximum absolute atomic E-state index is 11.6. The van der Waals surface area contributed by atoms with Gasteiger partial charge in [0.25, 0.3) is 0 Å². The molecule has 0 saturated heterocycles. The van der Waals surface area contributed by atoms with Crippen LogP contribution < -0.4 is 10.6 Å². The summed E-state index contributed by atoms with van der Waals surface area (Å²) in [5, 5.41) is 13.9. The number of aromatic amines is 1. The lowest BCUT2D eigenvalue weighted by atomic mass is 10.2. The van der Waals surface area contributed by atoms with Crippen LogP contribution in [-0.2, 0) is 16.0 Å². The number of imidazole rings is 1. The van der Waals surface area contributed by atoms with Crippen LogP contribution in [0.1, 0.15) is 12.1 Å². The molecule has 1 heterocycles. The number of carbonyl (C=O) groups excluding carboxylic acids is 2. The molecule has 0 unspecified atom stereocenters. The van der Waals surface area contributed by atoms with Gasteiger partial charge in [-0.25, -0.2) is 14.6 Å². The van der Waals surface area contributed by atoms with E-state index in [1.807, 2.05) is 0 Å². The molecule has 21 heavy (non-hydrogen) atoms. The monoisotopic (exact) mass is 297 g/mol. The van der Waals surface area contributed by atoms with E-state index in [2.05, 4.69) is 20.6 Å². The summed E-state index contributed by atoms with van der Waals surface area (Å²) in [6.45, 7) is 0.138. The van der Waals surface area contributed by atoms with Crippen molar-refractivity contribution in [3.63, 3.8) is 0 Å². The highest BCUT2D eigenvalue weighted by Crippen LogP contribution is 1.98. The second kappa shape index (κ2) is 7.88. The number of nitrogens with one attached hydrogen (secondary N) is 3. The average Bonchev–Trinajstić information content (AvgIpc) is 2.90. The summed E-state index contributed by atoms with van der Waals surface area (Å²) >= 11 is 0. The van der Waals surface area contributed by atoms with Gasteiger partial charge in [0, 0.05) is 45.4 Å². The first-order valence-corrected chi connectivity index (χ1v) is 6.34. The SMILES string of the molecule is CN(C)C(=O)CCNC(=O)N[C@@H](Cc1cnc[nH]1)C(=O)O. The van der Waals surface area contributed by atoms with Crippen molar-refractivity contribution in [1.29, 1.82) is 0 Å². The van der Waals surface area contributed by atoms with Crippen LogP contribution in [0.25, 0.3) is 0 Å². The number of aromatic nitrogens is 2. The quantitative estimate of drug-likeness (QED) is 0.523. The predicted octanol–water partition coefficient (Wildman–Crippen LogP) is -0.817. The molecule has 0 aliphatic carbocycles. The van der Waals surface area contributed by atoms with Crippen LogP contribution in [-0.4, -0.2) is 64.6 Å². The Kier molecular flexibility index (Phi) is 6.18. The summed E-state index contributed by atoms with van der Waals surface area (Å²) in [7, 11) is 3.24. The molecule has 3 amide bonds. The minimum atomic E-state index is -1.15. The van der Waals surface area contributed by atoms with Gasteiger partial charge < -0.3 is 25.6 Å². The molecule has 9 nitrogen and oxygen atoms in total. The Balaban J connectivity index is 2.39. The minimum absolute atomic E-state index is 0.0966. The first kappa shape index (κ1) is 16.5. The van der Waals surface area contributed by atoms with Crippen molar-refractivity contribution in [2.45, 2.75) is 18.9 Å². The van der Waals surface area contributed by atoms with Gasteiger partial charge in [0.15, 0.2) is 0 Å². The van der Waals surface area contributed by atoms with Crippen LogP contribution in [0.15, 0.2) is 12.5 Å². The summed E-state index contributed by atoms with van der Waals surface area (Å²) in [5.41, 5.74) is 0.602. The Morgan fingerprint density at radius 1 is 1.43 bits per heavy atom. The standard InChI is InChI=1S/C12H19N5O4/c1-17(2)10(18)3-4-14-12(21)16-9(11(19)20)5-8-6-13-7-15-8/h6-7,9H,3-5H2,1-2H3,(H,13,15)(H,19,20)(H2,14,16,21)/t9-/m0/s1. The molecule has 0 spiro atoms. The number of rotatable bonds is 7. The van der Waals surface area contributed by atoms with E-state index in [0.717, 1.165) is 0 Å². The molecule has 0 bridgehead atoms. The molecular formula is C12H19N5O4. The van der Waals surface area contributed by atoms with Gasteiger partial charge in [-0.1, -0.05) is 0 Å². The minimum Gasteiger partial charge on any atom is -0.480 e. The smallest absolute Gasteiger partial charge is 0.326 e.